The first-order valence-electron chi connectivity index (χ1n) is 5.25. The van der Waals surface area contributed by atoms with Crippen LogP contribution in [0.2, 0.25) is 0 Å². The summed E-state index contributed by atoms with van der Waals surface area (Å²) in [6.45, 7) is 7.55. The minimum Gasteiger partial charge on any atom is -0.314 e. The van der Waals surface area contributed by atoms with E-state index in [-0.39, 0.29) is 0 Å². The molecule has 1 rings (SSSR count). The standard InChI is InChI=1S/C9H19N5S/c1-5-10-7(2)6-8(3)15-9-11-12-13-14(9)4/h7-8,10H,5-6H2,1-4H3. The van der Waals surface area contributed by atoms with Crippen molar-refractivity contribution in [1.29, 1.82) is 0 Å². The van der Waals surface area contributed by atoms with E-state index in [2.05, 4.69) is 41.6 Å². The number of aromatic nitrogens is 4. The summed E-state index contributed by atoms with van der Waals surface area (Å²) in [6, 6.07) is 0.540. The third kappa shape index (κ3) is 4.17. The number of aryl methyl sites for hydroxylation is 1. The van der Waals surface area contributed by atoms with Gasteiger partial charge in [0.1, 0.15) is 0 Å². The summed E-state index contributed by atoms with van der Waals surface area (Å²) >= 11 is 1.72. The minimum atomic E-state index is 0.517. The molecule has 0 amide bonds. The highest BCUT2D eigenvalue weighted by Crippen LogP contribution is 2.22. The summed E-state index contributed by atoms with van der Waals surface area (Å²) in [4.78, 5) is 0. The van der Waals surface area contributed by atoms with Crippen LogP contribution >= 0.6 is 11.8 Å². The minimum absolute atomic E-state index is 0.517. The molecule has 0 saturated carbocycles. The number of tetrazole rings is 1. The molecule has 0 aliphatic heterocycles. The van der Waals surface area contributed by atoms with Gasteiger partial charge >= 0.3 is 0 Å². The summed E-state index contributed by atoms with van der Waals surface area (Å²) in [6.07, 6.45) is 1.12. The zero-order chi connectivity index (χ0) is 11.3. The Morgan fingerprint density at radius 3 is 2.73 bits per heavy atom. The lowest BCUT2D eigenvalue weighted by molar-refractivity contribution is 0.529. The van der Waals surface area contributed by atoms with Crippen molar-refractivity contribution in [2.24, 2.45) is 7.05 Å². The highest BCUT2D eigenvalue weighted by molar-refractivity contribution is 7.99. The molecule has 0 fully saturated rings. The fourth-order valence-electron chi connectivity index (χ4n) is 1.48. The van der Waals surface area contributed by atoms with E-state index in [1.54, 1.807) is 16.4 Å². The molecule has 0 spiro atoms. The highest BCUT2D eigenvalue weighted by atomic mass is 32.2. The Bertz CT molecular complexity index is 288. The quantitative estimate of drug-likeness (QED) is 0.740. The first kappa shape index (κ1) is 12.4. The second-order valence-electron chi connectivity index (χ2n) is 3.71. The Hall–Kier alpha value is -0.620. The molecule has 2 atom stereocenters. The Kier molecular flexibility index (Phi) is 5.04. The number of nitrogens with zero attached hydrogens (tertiary/aromatic N) is 4. The van der Waals surface area contributed by atoms with Gasteiger partial charge < -0.3 is 5.32 Å². The van der Waals surface area contributed by atoms with Gasteiger partial charge in [0.15, 0.2) is 0 Å². The van der Waals surface area contributed by atoms with Gasteiger partial charge in [-0.1, -0.05) is 25.6 Å². The maximum absolute atomic E-state index is 3.95. The van der Waals surface area contributed by atoms with Gasteiger partial charge in [0.25, 0.3) is 0 Å². The summed E-state index contributed by atoms with van der Waals surface area (Å²) in [7, 11) is 1.86. The van der Waals surface area contributed by atoms with Crippen molar-refractivity contribution in [2.45, 2.75) is 43.6 Å². The molecule has 0 radical (unpaired) electrons. The number of rotatable bonds is 6. The van der Waals surface area contributed by atoms with Crippen LogP contribution in [0.3, 0.4) is 0 Å². The van der Waals surface area contributed by atoms with Crippen molar-refractivity contribution in [1.82, 2.24) is 25.5 Å². The molecule has 0 aliphatic carbocycles. The molecule has 0 bridgehead atoms. The topological polar surface area (TPSA) is 55.6 Å². The fourth-order valence-corrected chi connectivity index (χ4v) is 2.50. The lowest BCUT2D eigenvalue weighted by Crippen LogP contribution is -2.28. The van der Waals surface area contributed by atoms with Gasteiger partial charge in [0.2, 0.25) is 5.16 Å². The first-order chi connectivity index (χ1) is 7.13. The third-order valence-electron chi connectivity index (χ3n) is 2.13. The molecule has 86 valence electrons. The molecular weight excluding hydrogens is 210 g/mol. The summed E-state index contributed by atoms with van der Waals surface area (Å²) in [5.74, 6) is 0. The normalized spacial score (nSPS) is 15.2. The van der Waals surface area contributed by atoms with Gasteiger partial charge in [-0.2, -0.15) is 0 Å². The van der Waals surface area contributed by atoms with Crippen LogP contribution < -0.4 is 5.32 Å². The van der Waals surface area contributed by atoms with E-state index in [0.717, 1.165) is 18.1 Å². The molecule has 1 N–H and O–H groups in total. The number of hydrogen-bond acceptors (Lipinski definition) is 5. The summed E-state index contributed by atoms with van der Waals surface area (Å²) in [5.41, 5.74) is 0. The van der Waals surface area contributed by atoms with Crippen molar-refractivity contribution >= 4 is 11.8 Å². The molecule has 0 aliphatic rings. The average Bonchev–Trinajstić information content (AvgIpc) is 2.52. The average molecular weight is 229 g/mol. The van der Waals surface area contributed by atoms with Gasteiger partial charge in [0, 0.05) is 18.3 Å². The van der Waals surface area contributed by atoms with Crippen LogP contribution in [0.5, 0.6) is 0 Å². The number of thioether (sulfide) groups is 1. The van der Waals surface area contributed by atoms with Crippen LogP contribution in [0, 0.1) is 0 Å². The highest BCUT2D eigenvalue weighted by Gasteiger charge is 2.12. The van der Waals surface area contributed by atoms with E-state index in [9.17, 15) is 0 Å². The molecule has 0 aromatic carbocycles. The molecule has 0 saturated heterocycles. The van der Waals surface area contributed by atoms with Crippen molar-refractivity contribution in [3.05, 3.63) is 0 Å². The first-order valence-corrected chi connectivity index (χ1v) is 6.13. The predicted octanol–water partition coefficient (Wildman–Crippen LogP) is 1.08. The zero-order valence-corrected chi connectivity index (χ0v) is 10.6. The second-order valence-corrected chi connectivity index (χ2v) is 5.11. The molecule has 15 heavy (non-hydrogen) atoms. The Labute approximate surface area is 95.0 Å². The lowest BCUT2D eigenvalue weighted by Gasteiger charge is -2.16. The second kappa shape index (κ2) is 6.07. The van der Waals surface area contributed by atoms with Crippen molar-refractivity contribution in [2.75, 3.05) is 6.54 Å². The molecule has 5 nitrogen and oxygen atoms in total. The van der Waals surface area contributed by atoms with Crippen LogP contribution in [0.1, 0.15) is 27.2 Å². The molecule has 1 aromatic heterocycles. The van der Waals surface area contributed by atoms with Crippen molar-refractivity contribution in [3.8, 4) is 0 Å². The van der Waals surface area contributed by atoms with Crippen LogP contribution in [0.25, 0.3) is 0 Å². The van der Waals surface area contributed by atoms with E-state index in [1.807, 2.05) is 7.05 Å². The Morgan fingerprint density at radius 2 is 2.20 bits per heavy atom. The predicted molar refractivity (Wildman–Crippen MR) is 61.9 cm³/mol. The van der Waals surface area contributed by atoms with Crippen LogP contribution in [0.15, 0.2) is 5.16 Å². The Morgan fingerprint density at radius 1 is 1.47 bits per heavy atom. The Balaban J connectivity index is 2.36. The SMILES string of the molecule is CCNC(C)CC(C)Sc1nnnn1C. The smallest absolute Gasteiger partial charge is 0.209 e. The molecular formula is C9H19N5S. The van der Waals surface area contributed by atoms with Gasteiger partial charge in [-0.25, -0.2) is 4.68 Å². The maximum atomic E-state index is 3.95. The van der Waals surface area contributed by atoms with Crippen molar-refractivity contribution < 1.29 is 0 Å². The zero-order valence-electron chi connectivity index (χ0n) is 9.77. The van der Waals surface area contributed by atoms with Crippen LogP contribution in [-0.2, 0) is 7.05 Å². The van der Waals surface area contributed by atoms with E-state index >= 15 is 0 Å². The van der Waals surface area contributed by atoms with Gasteiger partial charge in [0.05, 0.1) is 0 Å². The van der Waals surface area contributed by atoms with E-state index < -0.39 is 0 Å². The number of nitrogens with one attached hydrogen (secondary N) is 1. The van der Waals surface area contributed by atoms with Gasteiger partial charge in [-0.05, 0) is 30.3 Å². The fraction of sp³-hybridized carbons (Fsp3) is 0.889. The largest absolute Gasteiger partial charge is 0.314 e. The lowest BCUT2D eigenvalue weighted by atomic mass is 10.2. The summed E-state index contributed by atoms with van der Waals surface area (Å²) < 4.78 is 1.71. The molecule has 1 aromatic rings. The molecule has 1 heterocycles. The van der Waals surface area contributed by atoms with E-state index in [1.165, 1.54) is 0 Å². The third-order valence-corrected chi connectivity index (χ3v) is 3.28. The number of hydrogen-bond donors (Lipinski definition) is 1. The van der Waals surface area contributed by atoms with Crippen LogP contribution in [0.4, 0.5) is 0 Å². The van der Waals surface area contributed by atoms with Gasteiger partial charge in [-0.3, -0.25) is 0 Å². The van der Waals surface area contributed by atoms with E-state index in [4.69, 9.17) is 0 Å². The summed E-state index contributed by atoms with van der Waals surface area (Å²) in [5, 5.41) is 16.2. The molecule has 2 unspecified atom stereocenters. The van der Waals surface area contributed by atoms with E-state index in [0.29, 0.717) is 11.3 Å². The maximum Gasteiger partial charge on any atom is 0.209 e. The van der Waals surface area contributed by atoms with Gasteiger partial charge in [-0.15, -0.1) is 5.10 Å². The molecule has 6 heteroatoms. The van der Waals surface area contributed by atoms with Crippen LogP contribution in [-0.4, -0.2) is 38.0 Å². The van der Waals surface area contributed by atoms with Crippen molar-refractivity contribution in [3.63, 3.8) is 0 Å². The monoisotopic (exact) mass is 229 g/mol.